The molecule has 2 aliphatic heterocycles. The lowest BCUT2D eigenvalue weighted by atomic mass is 9.73. The van der Waals surface area contributed by atoms with Crippen molar-refractivity contribution in [1.82, 2.24) is 5.32 Å². The van der Waals surface area contributed by atoms with Crippen LogP contribution in [0, 0.1) is 0 Å². The molecule has 2 bridgehead atoms. The second-order valence-corrected chi connectivity index (χ2v) is 5.99. The van der Waals surface area contributed by atoms with Crippen LogP contribution in [-0.4, -0.2) is 17.2 Å². The number of aliphatic hydroxyl groups is 1. The van der Waals surface area contributed by atoms with Crippen LogP contribution in [0.4, 0.5) is 0 Å². The van der Waals surface area contributed by atoms with E-state index in [-0.39, 0.29) is 0 Å². The van der Waals surface area contributed by atoms with Gasteiger partial charge in [0.05, 0.1) is 5.60 Å². The maximum atomic E-state index is 11.0. The van der Waals surface area contributed by atoms with Crippen LogP contribution in [0.25, 0.3) is 0 Å². The summed E-state index contributed by atoms with van der Waals surface area (Å²) in [6, 6.07) is 9.54. The fourth-order valence-corrected chi connectivity index (χ4v) is 3.65. The van der Waals surface area contributed by atoms with Gasteiger partial charge in [-0.15, -0.1) is 0 Å². The molecule has 2 fully saturated rings. The molecule has 0 aliphatic carbocycles. The summed E-state index contributed by atoms with van der Waals surface area (Å²) >= 11 is 0. The van der Waals surface area contributed by atoms with Crippen molar-refractivity contribution in [3.63, 3.8) is 0 Å². The van der Waals surface area contributed by atoms with Crippen LogP contribution < -0.4 is 5.32 Å². The van der Waals surface area contributed by atoms with Gasteiger partial charge in [0.1, 0.15) is 0 Å². The highest BCUT2D eigenvalue weighted by Crippen LogP contribution is 2.39. The van der Waals surface area contributed by atoms with Crippen molar-refractivity contribution in [2.45, 2.75) is 63.1 Å². The number of aryl methyl sites for hydroxylation is 1. The Hall–Kier alpha value is -0.860. The van der Waals surface area contributed by atoms with Crippen molar-refractivity contribution in [3.05, 3.63) is 35.4 Å². The van der Waals surface area contributed by atoms with Crippen molar-refractivity contribution >= 4 is 0 Å². The first-order chi connectivity index (χ1) is 8.69. The number of hydrogen-bond acceptors (Lipinski definition) is 2. The third-order valence-electron chi connectivity index (χ3n) is 4.62. The van der Waals surface area contributed by atoms with E-state index in [0.29, 0.717) is 12.1 Å². The standard InChI is InChI=1S/C16H23NO/c1-2-12-5-3-6-13(9-12)16(18)10-14-7-4-8-15(11-16)17-14/h3,5-6,9,14-15,17-18H,2,4,7-8,10-11H2,1H3. The molecule has 1 aromatic carbocycles. The fraction of sp³-hybridized carbons (Fsp3) is 0.625. The zero-order valence-electron chi connectivity index (χ0n) is 11.2. The van der Waals surface area contributed by atoms with Crippen LogP contribution in [0.1, 0.15) is 50.2 Å². The van der Waals surface area contributed by atoms with Crippen molar-refractivity contribution in [2.24, 2.45) is 0 Å². The van der Waals surface area contributed by atoms with E-state index in [2.05, 4.69) is 36.5 Å². The van der Waals surface area contributed by atoms with Gasteiger partial charge in [0.2, 0.25) is 0 Å². The summed E-state index contributed by atoms with van der Waals surface area (Å²) in [6.45, 7) is 2.17. The Morgan fingerprint density at radius 2 is 2.00 bits per heavy atom. The van der Waals surface area contributed by atoms with Gasteiger partial charge in [-0.3, -0.25) is 0 Å². The van der Waals surface area contributed by atoms with Gasteiger partial charge < -0.3 is 10.4 Å². The summed E-state index contributed by atoms with van der Waals surface area (Å²) in [5.74, 6) is 0. The second kappa shape index (κ2) is 4.67. The lowest BCUT2D eigenvalue weighted by Gasteiger charge is -2.45. The van der Waals surface area contributed by atoms with Crippen LogP contribution in [0.5, 0.6) is 0 Å². The van der Waals surface area contributed by atoms with Crippen LogP contribution in [0.3, 0.4) is 0 Å². The SMILES string of the molecule is CCc1cccc(C2(O)CC3CCCC(C2)N3)c1. The first-order valence-corrected chi connectivity index (χ1v) is 7.27. The van der Waals surface area contributed by atoms with Crippen LogP contribution in [-0.2, 0) is 12.0 Å². The number of benzene rings is 1. The lowest BCUT2D eigenvalue weighted by Crippen LogP contribution is -2.54. The Balaban J connectivity index is 1.89. The van der Waals surface area contributed by atoms with Gasteiger partial charge in [-0.1, -0.05) is 37.6 Å². The van der Waals surface area contributed by atoms with E-state index in [4.69, 9.17) is 0 Å². The van der Waals surface area contributed by atoms with Gasteiger partial charge in [0, 0.05) is 12.1 Å². The molecule has 18 heavy (non-hydrogen) atoms. The van der Waals surface area contributed by atoms with Gasteiger partial charge in [-0.25, -0.2) is 0 Å². The fourth-order valence-electron chi connectivity index (χ4n) is 3.65. The molecule has 3 rings (SSSR count). The van der Waals surface area contributed by atoms with E-state index < -0.39 is 5.60 Å². The minimum absolute atomic E-state index is 0.507. The van der Waals surface area contributed by atoms with Gasteiger partial charge >= 0.3 is 0 Å². The highest BCUT2D eigenvalue weighted by atomic mass is 16.3. The molecule has 0 radical (unpaired) electrons. The lowest BCUT2D eigenvalue weighted by molar-refractivity contribution is -0.0359. The number of fused-ring (bicyclic) bond motifs is 2. The first kappa shape index (κ1) is 12.2. The third-order valence-corrected chi connectivity index (χ3v) is 4.62. The Morgan fingerprint density at radius 1 is 1.28 bits per heavy atom. The average molecular weight is 245 g/mol. The van der Waals surface area contributed by atoms with E-state index in [9.17, 15) is 5.11 Å². The van der Waals surface area contributed by atoms with Gasteiger partial charge in [-0.2, -0.15) is 0 Å². The molecule has 1 aromatic rings. The summed E-state index contributed by atoms with van der Waals surface area (Å²) in [4.78, 5) is 0. The molecular formula is C16H23NO. The Bertz CT molecular complexity index is 417. The van der Waals surface area contributed by atoms with Crippen LogP contribution in [0.2, 0.25) is 0 Å². The van der Waals surface area contributed by atoms with Crippen molar-refractivity contribution in [1.29, 1.82) is 0 Å². The van der Waals surface area contributed by atoms with E-state index in [1.165, 1.54) is 24.8 Å². The first-order valence-electron chi connectivity index (χ1n) is 7.27. The molecule has 2 saturated heterocycles. The quantitative estimate of drug-likeness (QED) is 0.839. The van der Waals surface area contributed by atoms with Gasteiger partial charge in [-0.05, 0) is 43.2 Å². The molecule has 2 heteroatoms. The number of nitrogens with one attached hydrogen (secondary N) is 1. The van der Waals surface area contributed by atoms with E-state index in [1.807, 2.05) is 0 Å². The summed E-state index contributed by atoms with van der Waals surface area (Å²) in [6.07, 6.45) is 6.52. The third kappa shape index (κ3) is 2.19. The summed E-state index contributed by atoms with van der Waals surface area (Å²) < 4.78 is 0. The molecule has 2 atom stereocenters. The minimum Gasteiger partial charge on any atom is -0.385 e. The Kier molecular flexibility index (Phi) is 3.16. The molecule has 0 amide bonds. The second-order valence-electron chi connectivity index (χ2n) is 5.99. The molecular weight excluding hydrogens is 222 g/mol. The van der Waals surface area contributed by atoms with E-state index in [0.717, 1.165) is 24.8 Å². The van der Waals surface area contributed by atoms with Crippen molar-refractivity contribution in [3.8, 4) is 0 Å². The number of rotatable bonds is 2. The topological polar surface area (TPSA) is 32.3 Å². The molecule has 2 N–H and O–H groups in total. The Morgan fingerprint density at radius 3 is 2.67 bits per heavy atom. The maximum Gasteiger partial charge on any atom is 0.0926 e. The largest absolute Gasteiger partial charge is 0.385 e. The summed E-state index contributed by atoms with van der Waals surface area (Å²) in [5.41, 5.74) is 1.84. The highest BCUT2D eigenvalue weighted by molar-refractivity contribution is 5.29. The molecule has 98 valence electrons. The normalized spacial score (nSPS) is 35.4. The zero-order valence-corrected chi connectivity index (χ0v) is 11.2. The molecule has 0 aromatic heterocycles. The minimum atomic E-state index is -0.605. The average Bonchev–Trinajstić information content (AvgIpc) is 2.38. The van der Waals surface area contributed by atoms with Crippen LogP contribution in [0.15, 0.2) is 24.3 Å². The molecule has 2 aliphatic rings. The maximum absolute atomic E-state index is 11.0. The Labute approximate surface area is 109 Å². The van der Waals surface area contributed by atoms with Gasteiger partial charge in [0.15, 0.2) is 0 Å². The smallest absolute Gasteiger partial charge is 0.0926 e. The van der Waals surface area contributed by atoms with Crippen LogP contribution >= 0.6 is 0 Å². The number of piperidine rings is 2. The predicted molar refractivity (Wildman–Crippen MR) is 73.5 cm³/mol. The molecule has 2 nitrogen and oxygen atoms in total. The van der Waals surface area contributed by atoms with E-state index in [1.54, 1.807) is 0 Å². The zero-order chi connectivity index (χ0) is 12.6. The van der Waals surface area contributed by atoms with Crippen molar-refractivity contribution < 1.29 is 5.11 Å². The summed E-state index contributed by atoms with van der Waals surface area (Å²) in [5, 5.41) is 14.7. The molecule has 0 spiro atoms. The van der Waals surface area contributed by atoms with Gasteiger partial charge in [0.25, 0.3) is 0 Å². The van der Waals surface area contributed by atoms with Crippen molar-refractivity contribution in [2.75, 3.05) is 0 Å². The highest BCUT2D eigenvalue weighted by Gasteiger charge is 2.41. The number of hydrogen-bond donors (Lipinski definition) is 2. The monoisotopic (exact) mass is 245 g/mol. The van der Waals surface area contributed by atoms with E-state index >= 15 is 0 Å². The summed E-state index contributed by atoms with van der Waals surface area (Å²) in [7, 11) is 0. The molecule has 2 unspecified atom stereocenters. The predicted octanol–water partition coefficient (Wildman–Crippen LogP) is 2.74. The molecule has 0 saturated carbocycles. The molecule has 2 heterocycles.